The fourth-order valence-corrected chi connectivity index (χ4v) is 2.32. The molecule has 0 bridgehead atoms. The van der Waals surface area contributed by atoms with Gasteiger partial charge < -0.3 is 9.84 Å². The molecule has 4 heteroatoms. The largest absolute Gasteiger partial charge is 0.507 e. The third-order valence-electron chi connectivity index (χ3n) is 3.56. The number of aromatic hydroxyl groups is 1. The molecule has 2 rings (SSSR count). The van der Waals surface area contributed by atoms with Crippen LogP contribution in [0.5, 0.6) is 5.75 Å². The third-order valence-corrected chi connectivity index (χ3v) is 3.56. The fraction of sp³-hybridized carbons (Fsp3) is 0.222. The van der Waals surface area contributed by atoms with E-state index in [1.54, 1.807) is 24.3 Å². The molecule has 114 valence electrons. The number of esters is 1. The van der Waals surface area contributed by atoms with Gasteiger partial charge in [0.1, 0.15) is 5.75 Å². The van der Waals surface area contributed by atoms with Crippen molar-refractivity contribution in [2.45, 2.75) is 19.3 Å². The first-order chi connectivity index (χ1) is 10.7. The monoisotopic (exact) mass is 298 g/mol. The number of hydrogen-bond acceptors (Lipinski definition) is 4. The van der Waals surface area contributed by atoms with E-state index in [0.29, 0.717) is 23.8 Å². The summed E-state index contributed by atoms with van der Waals surface area (Å²) in [6.07, 6.45) is 3.01. The summed E-state index contributed by atoms with van der Waals surface area (Å²) < 4.78 is 4.65. The highest BCUT2D eigenvalue weighted by Gasteiger charge is 2.07. The zero-order valence-corrected chi connectivity index (χ0v) is 12.4. The number of benzene rings is 2. The Kier molecular flexibility index (Phi) is 5.31. The smallest absolute Gasteiger partial charge is 0.337 e. The van der Waals surface area contributed by atoms with Crippen molar-refractivity contribution in [3.63, 3.8) is 0 Å². The molecule has 0 amide bonds. The summed E-state index contributed by atoms with van der Waals surface area (Å²) in [5, 5.41) is 9.93. The molecule has 0 unspecified atom stereocenters. The van der Waals surface area contributed by atoms with Crippen LogP contribution in [-0.4, -0.2) is 24.5 Å². The van der Waals surface area contributed by atoms with Crippen LogP contribution in [0.15, 0.2) is 42.5 Å². The molecular weight excluding hydrogens is 280 g/mol. The van der Waals surface area contributed by atoms with Gasteiger partial charge in [0.2, 0.25) is 0 Å². The second-order valence-corrected chi connectivity index (χ2v) is 5.01. The standard InChI is InChI=1S/C18H18O4/c1-22-18(21)15-10-8-13(9-11-15)4-2-5-14-6-3-7-16(12-19)17(14)20/h3,6-12,20H,2,4-5H2,1H3. The van der Waals surface area contributed by atoms with Gasteiger partial charge in [-0.25, -0.2) is 4.79 Å². The fourth-order valence-electron chi connectivity index (χ4n) is 2.32. The first-order valence-corrected chi connectivity index (χ1v) is 7.09. The number of carbonyl (C=O) groups excluding carboxylic acids is 2. The van der Waals surface area contributed by atoms with Crippen LogP contribution in [0.2, 0.25) is 0 Å². The highest BCUT2D eigenvalue weighted by molar-refractivity contribution is 5.89. The van der Waals surface area contributed by atoms with Crippen LogP contribution in [-0.2, 0) is 17.6 Å². The van der Waals surface area contributed by atoms with Crippen molar-refractivity contribution in [1.29, 1.82) is 0 Å². The number of phenols is 1. The van der Waals surface area contributed by atoms with Crippen molar-refractivity contribution < 1.29 is 19.4 Å². The van der Waals surface area contributed by atoms with Crippen molar-refractivity contribution in [3.8, 4) is 5.75 Å². The predicted molar refractivity (Wildman–Crippen MR) is 83.3 cm³/mol. The van der Waals surface area contributed by atoms with E-state index < -0.39 is 0 Å². The topological polar surface area (TPSA) is 63.6 Å². The Morgan fingerprint density at radius 3 is 2.50 bits per heavy atom. The molecule has 0 radical (unpaired) electrons. The quantitative estimate of drug-likeness (QED) is 0.657. The van der Waals surface area contributed by atoms with Crippen LogP contribution in [0.4, 0.5) is 0 Å². The zero-order chi connectivity index (χ0) is 15.9. The van der Waals surface area contributed by atoms with Gasteiger partial charge in [-0.3, -0.25) is 4.79 Å². The molecule has 0 spiro atoms. The molecule has 2 aromatic rings. The number of carbonyl (C=O) groups is 2. The van der Waals surface area contributed by atoms with Crippen LogP contribution >= 0.6 is 0 Å². The molecule has 0 aliphatic carbocycles. The summed E-state index contributed by atoms with van der Waals surface area (Å²) >= 11 is 0. The van der Waals surface area contributed by atoms with Crippen LogP contribution in [0, 0.1) is 0 Å². The predicted octanol–water partition coefficient (Wildman–Crippen LogP) is 3.17. The number of aldehydes is 1. The Bertz CT molecular complexity index is 659. The summed E-state index contributed by atoms with van der Waals surface area (Å²) in [5.74, 6) is -0.277. The Morgan fingerprint density at radius 2 is 1.86 bits per heavy atom. The van der Waals surface area contributed by atoms with Crippen molar-refractivity contribution in [1.82, 2.24) is 0 Å². The molecule has 0 aliphatic rings. The van der Waals surface area contributed by atoms with Gasteiger partial charge in [0, 0.05) is 0 Å². The minimum Gasteiger partial charge on any atom is -0.507 e. The summed E-state index contributed by atoms with van der Waals surface area (Å²) in [6.45, 7) is 0. The molecule has 0 aromatic heterocycles. The molecule has 4 nitrogen and oxygen atoms in total. The molecular formula is C18H18O4. The summed E-state index contributed by atoms with van der Waals surface area (Å²) in [5.41, 5.74) is 2.73. The van der Waals surface area contributed by atoms with Crippen LogP contribution in [0.3, 0.4) is 0 Å². The number of hydrogen-bond donors (Lipinski definition) is 1. The summed E-state index contributed by atoms with van der Waals surface area (Å²) in [7, 11) is 1.36. The average molecular weight is 298 g/mol. The van der Waals surface area contributed by atoms with Crippen LogP contribution < -0.4 is 0 Å². The van der Waals surface area contributed by atoms with Crippen LogP contribution in [0.25, 0.3) is 0 Å². The highest BCUT2D eigenvalue weighted by atomic mass is 16.5. The van der Waals surface area contributed by atoms with Gasteiger partial charge in [0.15, 0.2) is 6.29 Å². The maximum absolute atomic E-state index is 11.3. The van der Waals surface area contributed by atoms with Crippen LogP contribution in [0.1, 0.15) is 38.3 Å². The number of para-hydroxylation sites is 1. The van der Waals surface area contributed by atoms with Gasteiger partial charge >= 0.3 is 5.97 Å². The lowest BCUT2D eigenvalue weighted by molar-refractivity contribution is 0.0600. The van der Waals surface area contributed by atoms with E-state index >= 15 is 0 Å². The van der Waals surface area contributed by atoms with Gasteiger partial charge in [-0.2, -0.15) is 0 Å². The second-order valence-electron chi connectivity index (χ2n) is 5.01. The van der Waals surface area contributed by atoms with Crippen molar-refractivity contribution in [3.05, 3.63) is 64.7 Å². The normalized spacial score (nSPS) is 10.2. The van der Waals surface area contributed by atoms with Gasteiger partial charge in [-0.15, -0.1) is 0 Å². The Morgan fingerprint density at radius 1 is 1.14 bits per heavy atom. The average Bonchev–Trinajstić information content (AvgIpc) is 2.56. The molecule has 0 saturated carbocycles. The van der Waals surface area contributed by atoms with E-state index in [1.165, 1.54) is 7.11 Å². The maximum Gasteiger partial charge on any atom is 0.337 e. The van der Waals surface area contributed by atoms with E-state index in [-0.39, 0.29) is 11.7 Å². The van der Waals surface area contributed by atoms with Gasteiger partial charge in [-0.1, -0.05) is 24.3 Å². The molecule has 0 atom stereocenters. The van der Waals surface area contributed by atoms with Gasteiger partial charge in [-0.05, 0) is 48.6 Å². The zero-order valence-electron chi connectivity index (χ0n) is 12.4. The van der Waals surface area contributed by atoms with Gasteiger partial charge in [0.25, 0.3) is 0 Å². The minimum absolute atomic E-state index is 0.0681. The number of aryl methyl sites for hydroxylation is 2. The van der Waals surface area contributed by atoms with E-state index in [1.807, 2.05) is 18.2 Å². The molecule has 0 saturated heterocycles. The van der Waals surface area contributed by atoms with E-state index in [9.17, 15) is 14.7 Å². The maximum atomic E-state index is 11.3. The summed E-state index contributed by atoms with van der Waals surface area (Å²) in [4.78, 5) is 22.1. The first-order valence-electron chi connectivity index (χ1n) is 7.09. The Balaban J connectivity index is 1.94. The van der Waals surface area contributed by atoms with E-state index in [4.69, 9.17) is 0 Å². The molecule has 0 fully saturated rings. The third kappa shape index (κ3) is 3.73. The van der Waals surface area contributed by atoms with Crippen molar-refractivity contribution >= 4 is 12.3 Å². The lowest BCUT2D eigenvalue weighted by Gasteiger charge is -2.07. The van der Waals surface area contributed by atoms with E-state index in [0.717, 1.165) is 24.0 Å². The van der Waals surface area contributed by atoms with Gasteiger partial charge in [0.05, 0.1) is 18.2 Å². The molecule has 22 heavy (non-hydrogen) atoms. The Labute approximate surface area is 129 Å². The molecule has 0 aliphatic heterocycles. The highest BCUT2D eigenvalue weighted by Crippen LogP contribution is 2.22. The Hall–Kier alpha value is -2.62. The molecule has 0 heterocycles. The molecule has 2 aromatic carbocycles. The number of ether oxygens (including phenoxy) is 1. The lowest BCUT2D eigenvalue weighted by Crippen LogP contribution is -2.01. The first kappa shape index (κ1) is 15.8. The minimum atomic E-state index is -0.345. The molecule has 1 N–H and O–H groups in total. The number of phenolic OH excluding ortho intramolecular Hbond substituents is 1. The second kappa shape index (κ2) is 7.41. The van der Waals surface area contributed by atoms with Crippen molar-refractivity contribution in [2.75, 3.05) is 7.11 Å². The lowest BCUT2D eigenvalue weighted by atomic mass is 10.0. The number of methoxy groups -OCH3 is 1. The summed E-state index contributed by atoms with van der Waals surface area (Å²) in [6, 6.07) is 12.5. The van der Waals surface area contributed by atoms with Crippen molar-refractivity contribution in [2.24, 2.45) is 0 Å². The van der Waals surface area contributed by atoms with E-state index in [2.05, 4.69) is 4.74 Å². The SMILES string of the molecule is COC(=O)c1ccc(CCCc2cccc(C=O)c2O)cc1. The number of rotatable bonds is 6.